The van der Waals surface area contributed by atoms with Gasteiger partial charge in [0.2, 0.25) is 5.91 Å². The zero-order valence-corrected chi connectivity index (χ0v) is 9.67. The van der Waals surface area contributed by atoms with Gasteiger partial charge in [-0.1, -0.05) is 6.92 Å². The molecule has 0 aromatic heterocycles. The highest BCUT2D eigenvalue weighted by molar-refractivity contribution is 5.78. The molecule has 0 radical (unpaired) electrons. The number of amides is 1. The quantitative estimate of drug-likeness (QED) is 0.757. The van der Waals surface area contributed by atoms with Crippen molar-refractivity contribution < 1.29 is 4.79 Å². The topological polar surface area (TPSA) is 32.3 Å². The largest absolute Gasteiger partial charge is 0.341 e. The number of likely N-dealkylation sites (tertiary alicyclic amines) is 1. The summed E-state index contributed by atoms with van der Waals surface area (Å²) in [5.74, 6) is 1.84. The third-order valence-corrected chi connectivity index (χ3v) is 3.42. The lowest BCUT2D eigenvalue weighted by Crippen LogP contribution is -2.43. The maximum atomic E-state index is 11.8. The molecule has 86 valence electrons. The fourth-order valence-corrected chi connectivity index (χ4v) is 2.23. The summed E-state index contributed by atoms with van der Waals surface area (Å²) in [5.41, 5.74) is 0. The molecule has 1 unspecified atom stereocenters. The van der Waals surface area contributed by atoms with Gasteiger partial charge in [-0.05, 0) is 44.1 Å². The molecule has 2 rings (SSSR count). The van der Waals surface area contributed by atoms with Crippen LogP contribution in [-0.4, -0.2) is 37.0 Å². The first-order valence-electron chi connectivity index (χ1n) is 6.24. The second-order valence-electron chi connectivity index (χ2n) is 5.16. The van der Waals surface area contributed by atoms with Gasteiger partial charge in [0, 0.05) is 13.1 Å². The maximum absolute atomic E-state index is 11.8. The number of hydrogen-bond donors (Lipinski definition) is 1. The van der Waals surface area contributed by atoms with E-state index >= 15 is 0 Å². The van der Waals surface area contributed by atoms with Crippen molar-refractivity contribution in [2.75, 3.05) is 26.2 Å². The summed E-state index contributed by atoms with van der Waals surface area (Å²) in [4.78, 5) is 13.8. The summed E-state index contributed by atoms with van der Waals surface area (Å²) < 4.78 is 0. The first kappa shape index (κ1) is 10.9. The van der Waals surface area contributed by atoms with Crippen LogP contribution >= 0.6 is 0 Å². The SMILES string of the molecule is CC1CCCN(C(=O)CNCC2CC2)C1. The zero-order valence-electron chi connectivity index (χ0n) is 9.67. The van der Waals surface area contributed by atoms with E-state index < -0.39 is 0 Å². The van der Waals surface area contributed by atoms with Gasteiger partial charge in [-0.15, -0.1) is 0 Å². The van der Waals surface area contributed by atoms with E-state index in [1.165, 1.54) is 25.7 Å². The summed E-state index contributed by atoms with van der Waals surface area (Å²) in [5, 5.41) is 3.27. The Morgan fingerprint density at radius 2 is 2.20 bits per heavy atom. The Morgan fingerprint density at radius 3 is 2.87 bits per heavy atom. The van der Waals surface area contributed by atoms with E-state index in [1.54, 1.807) is 0 Å². The van der Waals surface area contributed by atoms with Crippen LogP contribution in [0.15, 0.2) is 0 Å². The van der Waals surface area contributed by atoms with Gasteiger partial charge < -0.3 is 10.2 Å². The first-order valence-corrected chi connectivity index (χ1v) is 6.24. The third kappa shape index (κ3) is 3.49. The Bertz CT molecular complexity index is 226. The molecule has 0 aromatic rings. The Balaban J connectivity index is 1.64. The summed E-state index contributed by atoms with van der Waals surface area (Å²) in [6.45, 7) is 5.74. The summed E-state index contributed by atoms with van der Waals surface area (Å²) >= 11 is 0. The number of carbonyl (C=O) groups is 1. The van der Waals surface area contributed by atoms with Crippen LogP contribution in [0, 0.1) is 11.8 Å². The average Bonchev–Trinajstić information content (AvgIpc) is 3.01. The molecule has 15 heavy (non-hydrogen) atoms. The minimum absolute atomic E-state index is 0.294. The summed E-state index contributed by atoms with van der Waals surface area (Å²) in [6, 6.07) is 0. The van der Waals surface area contributed by atoms with Gasteiger partial charge in [0.25, 0.3) is 0 Å². The van der Waals surface area contributed by atoms with E-state index in [4.69, 9.17) is 0 Å². The van der Waals surface area contributed by atoms with E-state index in [1.807, 2.05) is 4.90 Å². The standard InChI is InChI=1S/C12H22N2O/c1-10-3-2-6-14(9-10)12(15)8-13-7-11-4-5-11/h10-11,13H,2-9H2,1H3. The van der Waals surface area contributed by atoms with Gasteiger partial charge in [0.1, 0.15) is 0 Å². The van der Waals surface area contributed by atoms with Crippen LogP contribution in [0.3, 0.4) is 0 Å². The van der Waals surface area contributed by atoms with Crippen LogP contribution in [0.2, 0.25) is 0 Å². The second-order valence-corrected chi connectivity index (χ2v) is 5.16. The van der Waals surface area contributed by atoms with Crippen molar-refractivity contribution in [1.82, 2.24) is 10.2 Å². The first-order chi connectivity index (χ1) is 7.25. The molecule has 1 N–H and O–H groups in total. The molecule has 1 aliphatic carbocycles. The molecule has 3 nitrogen and oxygen atoms in total. The van der Waals surface area contributed by atoms with Crippen LogP contribution in [0.1, 0.15) is 32.6 Å². The van der Waals surface area contributed by atoms with Gasteiger partial charge >= 0.3 is 0 Å². The van der Waals surface area contributed by atoms with Crippen LogP contribution < -0.4 is 5.32 Å². The molecule has 2 fully saturated rings. The number of rotatable bonds is 4. The predicted octanol–water partition coefficient (Wildman–Crippen LogP) is 1.24. The minimum atomic E-state index is 0.294. The van der Waals surface area contributed by atoms with E-state index in [-0.39, 0.29) is 0 Å². The highest BCUT2D eigenvalue weighted by atomic mass is 16.2. The number of nitrogens with one attached hydrogen (secondary N) is 1. The highest BCUT2D eigenvalue weighted by Gasteiger charge is 2.23. The van der Waals surface area contributed by atoms with E-state index in [2.05, 4.69) is 12.2 Å². The van der Waals surface area contributed by atoms with Gasteiger partial charge in [0.15, 0.2) is 0 Å². The number of nitrogens with zero attached hydrogens (tertiary/aromatic N) is 1. The smallest absolute Gasteiger partial charge is 0.236 e. The molecular weight excluding hydrogens is 188 g/mol. The van der Waals surface area contributed by atoms with Gasteiger partial charge in [-0.3, -0.25) is 4.79 Å². The second kappa shape index (κ2) is 4.97. The van der Waals surface area contributed by atoms with Gasteiger partial charge in [0.05, 0.1) is 6.54 Å². The molecule has 0 bridgehead atoms. The molecule has 0 aromatic carbocycles. The van der Waals surface area contributed by atoms with Crippen LogP contribution in [0.25, 0.3) is 0 Å². The Morgan fingerprint density at radius 1 is 1.40 bits per heavy atom. The Hall–Kier alpha value is -0.570. The van der Waals surface area contributed by atoms with E-state index in [0.29, 0.717) is 18.4 Å². The molecule has 0 spiro atoms. The van der Waals surface area contributed by atoms with Crippen molar-refractivity contribution in [1.29, 1.82) is 0 Å². The van der Waals surface area contributed by atoms with Crippen molar-refractivity contribution in [2.24, 2.45) is 11.8 Å². The third-order valence-electron chi connectivity index (χ3n) is 3.42. The summed E-state index contributed by atoms with van der Waals surface area (Å²) in [7, 11) is 0. The lowest BCUT2D eigenvalue weighted by Gasteiger charge is -2.31. The highest BCUT2D eigenvalue weighted by Crippen LogP contribution is 2.27. The fraction of sp³-hybridized carbons (Fsp3) is 0.917. The van der Waals surface area contributed by atoms with Crippen LogP contribution in [0.5, 0.6) is 0 Å². The lowest BCUT2D eigenvalue weighted by molar-refractivity contribution is -0.131. The monoisotopic (exact) mass is 210 g/mol. The number of piperidine rings is 1. The molecular formula is C12H22N2O. The molecule has 1 atom stereocenters. The van der Waals surface area contributed by atoms with Crippen LogP contribution in [0.4, 0.5) is 0 Å². The number of hydrogen-bond acceptors (Lipinski definition) is 2. The van der Waals surface area contributed by atoms with Gasteiger partial charge in [-0.25, -0.2) is 0 Å². The zero-order chi connectivity index (χ0) is 10.7. The lowest BCUT2D eigenvalue weighted by atomic mass is 10.0. The number of carbonyl (C=O) groups excluding carboxylic acids is 1. The minimum Gasteiger partial charge on any atom is -0.341 e. The molecule has 1 aliphatic heterocycles. The Labute approximate surface area is 92.2 Å². The predicted molar refractivity (Wildman–Crippen MR) is 60.6 cm³/mol. The van der Waals surface area contributed by atoms with Crippen molar-refractivity contribution in [2.45, 2.75) is 32.6 Å². The van der Waals surface area contributed by atoms with E-state index in [0.717, 1.165) is 25.6 Å². The van der Waals surface area contributed by atoms with Crippen molar-refractivity contribution in [3.05, 3.63) is 0 Å². The molecule has 1 saturated carbocycles. The van der Waals surface area contributed by atoms with Gasteiger partial charge in [-0.2, -0.15) is 0 Å². The van der Waals surface area contributed by atoms with Crippen molar-refractivity contribution in [3.8, 4) is 0 Å². The summed E-state index contributed by atoms with van der Waals surface area (Å²) in [6.07, 6.45) is 5.15. The molecule has 1 saturated heterocycles. The Kier molecular flexibility index (Phi) is 3.62. The average molecular weight is 210 g/mol. The normalized spacial score (nSPS) is 26.7. The fourth-order valence-electron chi connectivity index (χ4n) is 2.23. The molecule has 1 amide bonds. The van der Waals surface area contributed by atoms with E-state index in [9.17, 15) is 4.79 Å². The van der Waals surface area contributed by atoms with Crippen molar-refractivity contribution in [3.63, 3.8) is 0 Å². The van der Waals surface area contributed by atoms with Crippen molar-refractivity contribution >= 4 is 5.91 Å². The molecule has 2 aliphatic rings. The molecule has 3 heteroatoms. The maximum Gasteiger partial charge on any atom is 0.236 e. The molecule has 1 heterocycles. The van der Waals surface area contributed by atoms with Crippen LogP contribution in [-0.2, 0) is 4.79 Å².